The van der Waals surface area contributed by atoms with Gasteiger partial charge in [-0.2, -0.15) is 0 Å². The molecule has 1 N–H and O–H groups in total. The molecule has 0 aliphatic heterocycles. The Hall–Kier alpha value is -0.770. The Morgan fingerprint density at radius 3 is 2.47 bits per heavy atom. The summed E-state index contributed by atoms with van der Waals surface area (Å²) in [5.74, 6) is -0.482. The fraction of sp³-hybridized carbons (Fsp3) is 0.636. The molecule has 0 aliphatic carbocycles. The molecule has 0 rings (SSSR count). The molecule has 0 fully saturated rings. The normalized spacial score (nSPS) is 12.9. The molecule has 1 atom stereocenters. The summed E-state index contributed by atoms with van der Waals surface area (Å²) in [5.41, 5.74) is -0.123. The Morgan fingerprint density at radius 2 is 2.00 bits per heavy atom. The van der Waals surface area contributed by atoms with Gasteiger partial charge in [0.05, 0.1) is 27.7 Å². The van der Waals surface area contributed by atoms with Crippen LogP contribution in [0.3, 0.4) is 0 Å². The van der Waals surface area contributed by atoms with E-state index < -0.39 is 14.1 Å². The van der Waals surface area contributed by atoms with Gasteiger partial charge in [0.25, 0.3) is 0 Å². The Balaban J connectivity index is 3.79. The Kier molecular flexibility index (Phi) is 7.19. The zero-order chi connectivity index (χ0) is 13.5. The van der Waals surface area contributed by atoms with E-state index in [2.05, 4.69) is 6.58 Å². The minimum absolute atomic E-state index is 0.123. The van der Waals surface area contributed by atoms with Crippen molar-refractivity contribution in [2.24, 2.45) is 0 Å². The number of esters is 1. The van der Waals surface area contributed by atoms with Crippen LogP contribution in [-0.2, 0) is 14.3 Å². The number of nitrogens with zero attached hydrogens (tertiary/aromatic N) is 1. The van der Waals surface area contributed by atoms with Crippen LogP contribution in [0.1, 0.15) is 6.42 Å². The number of likely N-dealkylation sites (N-methyl/N-ethyl adjacent to an activating group) is 1. The molecule has 0 radical (unpaired) electrons. The number of quaternary nitrogens is 1. The van der Waals surface area contributed by atoms with Gasteiger partial charge < -0.3 is 14.1 Å². The van der Waals surface area contributed by atoms with E-state index in [1.165, 1.54) is 0 Å². The van der Waals surface area contributed by atoms with Crippen molar-refractivity contribution >= 4 is 19.6 Å². The summed E-state index contributed by atoms with van der Waals surface area (Å²) in [6.07, 6.45) is 1.95. The van der Waals surface area contributed by atoms with Crippen molar-refractivity contribution in [3.8, 4) is 0 Å². The van der Waals surface area contributed by atoms with Gasteiger partial charge in [-0.1, -0.05) is 6.58 Å². The second-order valence-corrected chi connectivity index (χ2v) is 6.44. The zero-order valence-corrected chi connectivity index (χ0v) is 11.6. The van der Waals surface area contributed by atoms with E-state index in [1.807, 2.05) is 21.1 Å². The summed E-state index contributed by atoms with van der Waals surface area (Å²) < 4.78 is 5.25. The van der Waals surface area contributed by atoms with Crippen LogP contribution in [0.5, 0.6) is 0 Å². The number of rotatable bonds is 8. The van der Waals surface area contributed by atoms with Gasteiger partial charge in [-0.05, 0) is 6.42 Å². The number of ether oxygens (including phenoxy) is 1. The lowest BCUT2D eigenvalue weighted by molar-refractivity contribution is -0.861. The first-order chi connectivity index (χ1) is 7.76. The van der Waals surface area contributed by atoms with Crippen LogP contribution >= 0.6 is 8.15 Å². The molecular formula is C11H21NO4P+. The van der Waals surface area contributed by atoms with E-state index in [1.54, 1.807) is 0 Å². The molecule has 98 valence electrons. The van der Waals surface area contributed by atoms with Gasteiger partial charge >= 0.3 is 5.97 Å². The first kappa shape index (κ1) is 16.2. The van der Waals surface area contributed by atoms with Crippen LogP contribution in [0.15, 0.2) is 12.7 Å². The van der Waals surface area contributed by atoms with Gasteiger partial charge in [0, 0.05) is 12.2 Å². The van der Waals surface area contributed by atoms with E-state index in [0.717, 1.165) is 6.08 Å². The van der Waals surface area contributed by atoms with Crippen LogP contribution in [-0.4, -0.2) is 61.3 Å². The van der Waals surface area contributed by atoms with Gasteiger partial charge in [-0.3, -0.25) is 4.79 Å². The van der Waals surface area contributed by atoms with Crippen LogP contribution in [0.2, 0.25) is 0 Å². The van der Waals surface area contributed by atoms with Gasteiger partial charge in [0.1, 0.15) is 14.7 Å². The number of carbonyl (C=O) groups is 2. The average Bonchev–Trinajstić information content (AvgIpc) is 2.21. The predicted molar refractivity (Wildman–Crippen MR) is 67.7 cm³/mol. The third-order valence-corrected chi connectivity index (χ3v) is 3.28. The first-order valence-electron chi connectivity index (χ1n) is 5.35. The zero-order valence-electron chi connectivity index (χ0n) is 10.7. The molecule has 1 unspecified atom stereocenters. The lowest BCUT2D eigenvalue weighted by atomic mass is 10.5. The lowest BCUT2D eigenvalue weighted by Gasteiger charge is -2.23. The molecule has 0 amide bonds. The third kappa shape index (κ3) is 8.98. The van der Waals surface area contributed by atoms with Crippen molar-refractivity contribution in [2.45, 2.75) is 6.42 Å². The summed E-state index contributed by atoms with van der Waals surface area (Å²) >= 11 is 0. The van der Waals surface area contributed by atoms with Gasteiger partial charge in [0.2, 0.25) is 5.52 Å². The minimum atomic E-state index is -1.61. The van der Waals surface area contributed by atoms with E-state index in [-0.39, 0.29) is 12.1 Å². The predicted octanol–water partition coefficient (Wildman–Crippen LogP) is 0.728. The molecule has 0 saturated carbocycles. The quantitative estimate of drug-likeness (QED) is 0.230. The molecular weight excluding hydrogens is 241 g/mol. The van der Waals surface area contributed by atoms with E-state index >= 15 is 0 Å². The minimum Gasteiger partial charge on any atom is -0.463 e. The fourth-order valence-corrected chi connectivity index (χ4v) is 2.32. The van der Waals surface area contributed by atoms with E-state index in [0.29, 0.717) is 23.6 Å². The molecule has 6 heteroatoms. The molecule has 0 aromatic heterocycles. The smallest absolute Gasteiger partial charge is 0.330 e. The SMILES string of the molecule is C=CC(=O)OCCCP(O)C(=O)C[N+](C)(C)C. The molecule has 0 aromatic rings. The molecule has 0 aliphatic rings. The maximum absolute atomic E-state index is 11.6. The van der Waals surface area contributed by atoms with Crippen molar-refractivity contribution in [3.05, 3.63) is 12.7 Å². The van der Waals surface area contributed by atoms with Crippen LogP contribution in [0.4, 0.5) is 0 Å². The van der Waals surface area contributed by atoms with Crippen molar-refractivity contribution in [1.29, 1.82) is 0 Å². The summed E-state index contributed by atoms with van der Waals surface area (Å²) in [7, 11) is 4.07. The third-order valence-electron chi connectivity index (χ3n) is 1.82. The Labute approximate surface area is 103 Å². The summed E-state index contributed by atoms with van der Waals surface area (Å²) in [6.45, 7) is 3.79. The van der Waals surface area contributed by atoms with E-state index in [4.69, 9.17) is 4.74 Å². The highest BCUT2D eigenvalue weighted by Crippen LogP contribution is 2.32. The monoisotopic (exact) mass is 262 g/mol. The Bertz CT molecular complexity index is 286. The number of hydrogen-bond acceptors (Lipinski definition) is 4. The second-order valence-electron chi connectivity index (χ2n) is 4.69. The van der Waals surface area contributed by atoms with Crippen LogP contribution < -0.4 is 0 Å². The summed E-state index contributed by atoms with van der Waals surface area (Å²) in [6, 6.07) is 0. The van der Waals surface area contributed by atoms with Crippen LogP contribution in [0, 0.1) is 0 Å². The largest absolute Gasteiger partial charge is 0.463 e. The molecule has 0 bridgehead atoms. The Morgan fingerprint density at radius 1 is 1.41 bits per heavy atom. The summed E-state index contributed by atoms with van der Waals surface area (Å²) in [4.78, 5) is 31.9. The molecule has 0 heterocycles. The van der Waals surface area contributed by atoms with Gasteiger partial charge in [0.15, 0.2) is 0 Å². The summed E-state index contributed by atoms with van der Waals surface area (Å²) in [5, 5.41) is 0. The van der Waals surface area contributed by atoms with Gasteiger partial charge in [-0.15, -0.1) is 0 Å². The number of carbonyl (C=O) groups excluding carboxylic acids is 2. The highest BCUT2D eigenvalue weighted by atomic mass is 31.1. The molecule has 0 spiro atoms. The van der Waals surface area contributed by atoms with Crippen molar-refractivity contribution in [3.63, 3.8) is 0 Å². The highest BCUT2D eigenvalue weighted by molar-refractivity contribution is 7.69. The first-order valence-corrected chi connectivity index (χ1v) is 6.83. The van der Waals surface area contributed by atoms with E-state index in [9.17, 15) is 14.5 Å². The van der Waals surface area contributed by atoms with Crippen molar-refractivity contribution < 1.29 is 23.7 Å². The fourth-order valence-electron chi connectivity index (χ4n) is 1.06. The molecule has 17 heavy (non-hydrogen) atoms. The lowest BCUT2D eigenvalue weighted by Crippen LogP contribution is -2.39. The average molecular weight is 262 g/mol. The maximum atomic E-state index is 11.6. The molecule has 0 aromatic carbocycles. The topological polar surface area (TPSA) is 63.6 Å². The standard InChI is InChI=1S/C11H21NO4P/c1-5-10(13)16-7-6-8-17(15)11(14)9-12(2,3)4/h5,15H,1,6-9H2,2-4H3/q+1. The molecule has 5 nitrogen and oxygen atoms in total. The highest BCUT2D eigenvalue weighted by Gasteiger charge is 2.22. The second kappa shape index (κ2) is 7.54. The van der Waals surface area contributed by atoms with Crippen LogP contribution in [0.25, 0.3) is 0 Å². The molecule has 0 saturated heterocycles. The number of hydrogen-bond donors (Lipinski definition) is 1. The van der Waals surface area contributed by atoms with Crippen molar-refractivity contribution in [1.82, 2.24) is 0 Å². The van der Waals surface area contributed by atoms with Gasteiger partial charge in [-0.25, -0.2) is 4.79 Å². The maximum Gasteiger partial charge on any atom is 0.330 e. The van der Waals surface area contributed by atoms with Crippen molar-refractivity contribution in [2.75, 3.05) is 40.5 Å².